The Kier molecular flexibility index (Phi) is 6.66. The van der Waals surface area contributed by atoms with Gasteiger partial charge in [-0.1, -0.05) is 31.2 Å². The number of fused-ring (bicyclic) bond motifs is 1. The van der Waals surface area contributed by atoms with Crippen LogP contribution in [0.5, 0.6) is 0 Å². The Balaban J connectivity index is 1.89. The van der Waals surface area contributed by atoms with Crippen LogP contribution in [0.2, 0.25) is 0 Å². The van der Waals surface area contributed by atoms with Gasteiger partial charge in [-0.05, 0) is 92.2 Å². The first-order valence-electron chi connectivity index (χ1n) is 10.2. The Labute approximate surface area is 174 Å². The third-order valence-electron chi connectivity index (χ3n) is 5.87. The number of anilines is 1. The molecule has 28 heavy (non-hydrogen) atoms. The Morgan fingerprint density at radius 1 is 1.07 bits per heavy atom. The molecule has 0 bridgehead atoms. The van der Waals surface area contributed by atoms with Crippen LogP contribution in [0.1, 0.15) is 58.2 Å². The lowest BCUT2D eigenvalue weighted by molar-refractivity contribution is 0.711. The SMILES string of the molecule is C=C(Cc1cc(C)c(N)cc1C)N=C(SC)c1ccc2c(c1C)CCCCC2. The molecule has 0 saturated carbocycles. The topological polar surface area (TPSA) is 38.4 Å². The van der Waals surface area contributed by atoms with Gasteiger partial charge in [-0.3, -0.25) is 0 Å². The molecule has 3 rings (SSSR count). The molecule has 0 amide bonds. The van der Waals surface area contributed by atoms with Crippen LogP contribution < -0.4 is 5.73 Å². The van der Waals surface area contributed by atoms with E-state index in [1.165, 1.54) is 59.9 Å². The second-order valence-corrected chi connectivity index (χ2v) is 8.73. The first-order chi connectivity index (χ1) is 13.4. The number of aryl methyl sites for hydroxylation is 3. The van der Waals surface area contributed by atoms with Crippen LogP contribution in [-0.2, 0) is 19.3 Å². The van der Waals surface area contributed by atoms with Crippen molar-refractivity contribution in [3.05, 3.63) is 75.5 Å². The number of nitrogens with zero attached hydrogens (tertiary/aromatic N) is 1. The van der Waals surface area contributed by atoms with Gasteiger partial charge in [-0.2, -0.15) is 0 Å². The van der Waals surface area contributed by atoms with E-state index < -0.39 is 0 Å². The zero-order chi connectivity index (χ0) is 20.3. The summed E-state index contributed by atoms with van der Waals surface area (Å²) in [7, 11) is 0. The number of allylic oxidation sites excluding steroid dienone is 1. The van der Waals surface area contributed by atoms with E-state index in [0.717, 1.165) is 28.4 Å². The van der Waals surface area contributed by atoms with E-state index in [1.807, 2.05) is 6.07 Å². The van der Waals surface area contributed by atoms with Gasteiger partial charge in [0.15, 0.2) is 0 Å². The molecule has 0 unspecified atom stereocenters. The van der Waals surface area contributed by atoms with Gasteiger partial charge in [0.05, 0.1) is 0 Å². The molecule has 0 atom stereocenters. The molecular weight excluding hydrogens is 360 g/mol. The first-order valence-corrected chi connectivity index (χ1v) is 11.4. The van der Waals surface area contributed by atoms with Crippen LogP contribution in [0.4, 0.5) is 5.69 Å². The van der Waals surface area contributed by atoms with E-state index in [1.54, 1.807) is 17.3 Å². The lowest BCUT2D eigenvalue weighted by Gasteiger charge is -2.16. The fourth-order valence-corrected chi connectivity index (χ4v) is 4.79. The van der Waals surface area contributed by atoms with Crippen LogP contribution >= 0.6 is 11.8 Å². The van der Waals surface area contributed by atoms with Crippen molar-refractivity contribution < 1.29 is 0 Å². The summed E-state index contributed by atoms with van der Waals surface area (Å²) in [6, 6.07) is 8.80. The molecule has 2 N–H and O–H groups in total. The normalized spacial score (nSPS) is 14.5. The Hall–Kier alpha value is -2.00. The molecule has 0 aliphatic heterocycles. The van der Waals surface area contributed by atoms with Crippen molar-refractivity contribution in [1.29, 1.82) is 0 Å². The summed E-state index contributed by atoms with van der Waals surface area (Å²) in [5.41, 5.74) is 17.1. The van der Waals surface area contributed by atoms with Crippen LogP contribution in [0.25, 0.3) is 0 Å². The molecule has 0 aromatic heterocycles. The van der Waals surface area contributed by atoms with Gasteiger partial charge in [0.2, 0.25) is 0 Å². The Morgan fingerprint density at radius 3 is 2.57 bits per heavy atom. The van der Waals surface area contributed by atoms with Gasteiger partial charge in [-0.15, -0.1) is 11.8 Å². The predicted molar refractivity (Wildman–Crippen MR) is 126 cm³/mol. The summed E-state index contributed by atoms with van der Waals surface area (Å²) >= 11 is 1.71. The number of rotatable bonds is 4. The lowest BCUT2D eigenvalue weighted by Crippen LogP contribution is -2.05. The second-order valence-electron chi connectivity index (χ2n) is 7.94. The van der Waals surface area contributed by atoms with Gasteiger partial charge >= 0.3 is 0 Å². The minimum Gasteiger partial charge on any atom is -0.399 e. The molecule has 2 aromatic rings. The molecule has 1 aliphatic rings. The number of aliphatic imine (C=N–C) groups is 1. The van der Waals surface area contributed by atoms with Crippen LogP contribution in [0.15, 0.2) is 41.5 Å². The number of benzene rings is 2. The molecule has 2 nitrogen and oxygen atoms in total. The van der Waals surface area contributed by atoms with Gasteiger partial charge in [-0.25, -0.2) is 4.99 Å². The van der Waals surface area contributed by atoms with Gasteiger partial charge in [0.25, 0.3) is 0 Å². The summed E-state index contributed by atoms with van der Waals surface area (Å²) < 4.78 is 0. The maximum absolute atomic E-state index is 6.03. The third-order valence-corrected chi connectivity index (χ3v) is 6.57. The average molecular weight is 393 g/mol. The standard InChI is InChI=1S/C25H32N2S/c1-16-14-24(26)17(2)13-21(16)15-18(3)27-25(28-5)23-12-11-20-9-7-6-8-10-22(20)19(23)4/h11-14H,3,6-10,15,26H2,1-2,4-5H3. The highest BCUT2D eigenvalue weighted by Crippen LogP contribution is 2.29. The third kappa shape index (κ3) is 4.52. The fraction of sp³-hybridized carbons (Fsp3) is 0.400. The largest absolute Gasteiger partial charge is 0.399 e. The zero-order valence-corrected chi connectivity index (χ0v) is 18.5. The number of nitrogen functional groups attached to an aromatic ring is 1. The summed E-state index contributed by atoms with van der Waals surface area (Å²) in [6.45, 7) is 10.7. The van der Waals surface area contributed by atoms with E-state index in [9.17, 15) is 0 Å². The number of hydrogen-bond acceptors (Lipinski definition) is 3. The summed E-state index contributed by atoms with van der Waals surface area (Å²) in [4.78, 5) is 4.94. The monoisotopic (exact) mass is 392 g/mol. The van der Waals surface area contributed by atoms with Crippen LogP contribution in [0.3, 0.4) is 0 Å². The predicted octanol–water partition coefficient (Wildman–Crippen LogP) is 6.33. The minimum atomic E-state index is 0.751. The van der Waals surface area contributed by atoms with Crippen molar-refractivity contribution in [3.8, 4) is 0 Å². The molecule has 1 aliphatic carbocycles. The summed E-state index contributed by atoms with van der Waals surface area (Å²) in [6.07, 6.45) is 9.21. The van der Waals surface area contributed by atoms with Crippen molar-refractivity contribution in [2.75, 3.05) is 12.0 Å². The molecule has 0 radical (unpaired) electrons. The van der Waals surface area contributed by atoms with Crippen LogP contribution in [-0.4, -0.2) is 11.3 Å². The van der Waals surface area contributed by atoms with E-state index in [-0.39, 0.29) is 0 Å². The molecule has 0 saturated heterocycles. The van der Waals surface area contributed by atoms with E-state index in [0.29, 0.717) is 0 Å². The highest BCUT2D eigenvalue weighted by Gasteiger charge is 2.16. The molecule has 0 fully saturated rings. The highest BCUT2D eigenvalue weighted by molar-refractivity contribution is 8.13. The molecule has 148 valence electrons. The van der Waals surface area contributed by atoms with Gasteiger partial charge in [0.1, 0.15) is 5.04 Å². The van der Waals surface area contributed by atoms with Gasteiger partial charge in [0, 0.05) is 23.4 Å². The molecular formula is C25H32N2S. The molecule has 0 heterocycles. The maximum Gasteiger partial charge on any atom is 0.104 e. The fourth-order valence-electron chi connectivity index (χ4n) is 4.13. The molecule has 2 aromatic carbocycles. The quantitative estimate of drug-likeness (QED) is 0.286. The maximum atomic E-state index is 6.03. The van der Waals surface area contributed by atoms with E-state index in [4.69, 9.17) is 10.7 Å². The highest BCUT2D eigenvalue weighted by atomic mass is 32.2. The van der Waals surface area contributed by atoms with E-state index in [2.05, 4.69) is 51.8 Å². The number of thioether (sulfide) groups is 1. The van der Waals surface area contributed by atoms with Crippen molar-refractivity contribution in [2.24, 2.45) is 4.99 Å². The second kappa shape index (κ2) is 9.00. The number of nitrogens with two attached hydrogens (primary N) is 1. The summed E-state index contributed by atoms with van der Waals surface area (Å²) in [5.74, 6) is 0. The van der Waals surface area contributed by atoms with E-state index >= 15 is 0 Å². The zero-order valence-electron chi connectivity index (χ0n) is 17.7. The first kappa shape index (κ1) is 20.7. The van der Waals surface area contributed by atoms with Crippen molar-refractivity contribution in [2.45, 2.75) is 59.3 Å². The Bertz CT molecular complexity index is 925. The minimum absolute atomic E-state index is 0.751. The summed E-state index contributed by atoms with van der Waals surface area (Å²) in [5, 5.41) is 1.07. The lowest BCUT2D eigenvalue weighted by atomic mass is 9.94. The average Bonchev–Trinajstić information content (AvgIpc) is 2.91. The smallest absolute Gasteiger partial charge is 0.104 e. The van der Waals surface area contributed by atoms with Crippen molar-refractivity contribution >= 4 is 22.5 Å². The Morgan fingerprint density at radius 2 is 1.82 bits per heavy atom. The number of hydrogen-bond donors (Lipinski definition) is 1. The van der Waals surface area contributed by atoms with Gasteiger partial charge < -0.3 is 5.73 Å². The van der Waals surface area contributed by atoms with Crippen molar-refractivity contribution in [3.63, 3.8) is 0 Å². The van der Waals surface area contributed by atoms with Crippen LogP contribution in [0, 0.1) is 20.8 Å². The van der Waals surface area contributed by atoms with Crippen molar-refractivity contribution in [1.82, 2.24) is 0 Å². The molecule has 3 heteroatoms. The molecule has 0 spiro atoms.